The second-order valence-electron chi connectivity index (χ2n) is 4.31. The zero-order valence-electron chi connectivity index (χ0n) is 11.2. The van der Waals surface area contributed by atoms with Gasteiger partial charge < -0.3 is 15.2 Å². The molecule has 6 heteroatoms. The predicted molar refractivity (Wildman–Crippen MR) is 84.7 cm³/mol. The Hall–Kier alpha value is -2.34. The van der Waals surface area contributed by atoms with Crippen LogP contribution < -0.4 is 15.2 Å². The molecule has 1 heterocycles. The molecule has 0 fully saturated rings. The summed E-state index contributed by atoms with van der Waals surface area (Å²) in [6.07, 6.45) is 0. The number of benzene rings is 2. The highest BCUT2D eigenvalue weighted by molar-refractivity contribution is 9.10. The number of aromatic nitrogens is 2. The van der Waals surface area contributed by atoms with E-state index in [-0.39, 0.29) is 5.95 Å². The van der Waals surface area contributed by atoms with Crippen LogP contribution in [0.3, 0.4) is 0 Å². The lowest BCUT2D eigenvalue weighted by Crippen LogP contribution is -1.99. The van der Waals surface area contributed by atoms with Crippen molar-refractivity contribution in [1.29, 1.82) is 0 Å². The van der Waals surface area contributed by atoms with Gasteiger partial charge in [0.05, 0.1) is 17.6 Å². The van der Waals surface area contributed by atoms with Crippen molar-refractivity contribution < 1.29 is 9.47 Å². The molecule has 0 aliphatic heterocycles. The molecule has 0 aliphatic rings. The van der Waals surface area contributed by atoms with E-state index in [0.717, 1.165) is 15.2 Å². The predicted octanol–water partition coefficient (Wildman–Crippen LogP) is 3.78. The molecule has 0 spiro atoms. The Morgan fingerprint density at radius 1 is 1.05 bits per heavy atom. The van der Waals surface area contributed by atoms with Gasteiger partial charge in [-0.1, -0.05) is 30.3 Å². The molecule has 0 amide bonds. The molecule has 1 aromatic heterocycles. The number of fused-ring (bicyclic) bond motifs is 1. The van der Waals surface area contributed by atoms with E-state index in [2.05, 4.69) is 25.9 Å². The van der Waals surface area contributed by atoms with Gasteiger partial charge >= 0.3 is 0 Å². The van der Waals surface area contributed by atoms with Crippen LogP contribution in [-0.4, -0.2) is 17.1 Å². The number of ether oxygens (including phenoxy) is 2. The van der Waals surface area contributed by atoms with E-state index < -0.39 is 0 Å². The van der Waals surface area contributed by atoms with Crippen LogP contribution in [0.4, 0.5) is 5.95 Å². The van der Waals surface area contributed by atoms with Crippen LogP contribution in [0, 0.1) is 0 Å². The van der Waals surface area contributed by atoms with Crippen LogP contribution in [0.25, 0.3) is 10.8 Å². The first kappa shape index (κ1) is 13.6. The third kappa shape index (κ3) is 2.75. The third-order valence-electron chi connectivity index (χ3n) is 2.95. The molecule has 21 heavy (non-hydrogen) atoms. The molecule has 0 unspecified atom stereocenters. The number of halogens is 1. The van der Waals surface area contributed by atoms with E-state index in [4.69, 9.17) is 15.2 Å². The molecular formula is C15H12BrN3O2. The van der Waals surface area contributed by atoms with E-state index in [1.165, 1.54) is 7.11 Å². The largest absolute Gasteiger partial charge is 0.481 e. The van der Waals surface area contributed by atoms with E-state index in [1.807, 2.05) is 36.4 Å². The van der Waals surface area contributed by atoms with Crippen molar-refractivity contribution in [3.8, 4) is 17.5 Å². The molecule has 3 rings (SSSR count). The molecule has 5 nitrogen and oxygen atoms in total. The Bertz CT molecular complexity index is 808. The normalized spacial score (nSPS) is 10.6. The Morgan fingerprint density at radius 2 is 1.81 bits per heavy atom. The SMILES string of the molecule is COc1cc(Oc2ccc3ccccc3c2Br)nc(N)n1. The number of methoxy groups -OCH3 is 1. The summed E-state index contributed by atoms with van der Waals surface area (Å²) in [4.78, 5) is 7.96. The van der Waals surface area contributed by atoms with Crippen LogP contribution in [0.5, 0.6) is 17.5 Å². The molecule has 2 aromatic carbocycles. The minimum atomic E-state index is 0.0984. The van der Waals surface area contributed by atoms with Crippen molar-refractivity contribution in [1.82, 2.24) is 9.97 Å². The van der Waals surface area contributed by atoms with Crippen molar-refractivity contribution in [2.75, 3.05) is 12.8 Å². The number of nitrogens with zero attached hydrogens (tertiary/aromatic N) is 2. The fraction of sp³-hybridized carbons (Fsp3) is 0.0667. The first-order valence-electron chi connectivity index (χ1n) is 6.21. The lowest BCUT2D eigenvalue weighted by molar-refractivity contribution is 0.389. The van der Waals surface area contributed by atoms with Gasteiger partial charge in [0.1, 0.15) is 5.75 Å². The zero-order chi connectivity index (χ0) is 14.8. The topological polar surface area (TPSA) is 70.3 Å². The van der Waals surface area contributed by atoms with Gasteiger partial charge in [-0.05, 0) is 32.8 Å². The fourth-order valence-electron chi connectivity index (χ4n) is 1.98. The lowest BCUT2D eigenvalue weighted by atomic mass is 10.1. The molecule has 0 bridgehead atoms. The molecule has 106 valence electrons. The van der Waals surface area contributed by atoms with Gasteiger partial charge in [-0.2, -0.15) is 9.97 Å². The van der Waals surface area contributed by atoms with Gasteiger partial charge in [0.25, 0.3) is 0 Å². The van der Waals surface area contributed by atoms with Crippen molar-refractivity contribution in [2.24, 2.45) is 0 Å². The van der Waals surface area contributed by atoms with Crippen molar-refractivity contribution in [3.05, 3.63) is 46.9 Å². The quantitative estimate of drug-likeness (QED) is 0.782. The van der Waals surface area contributed by atoms with Crippen LogP contribution in [0.1, 0.15) is 0 Å². The maximum atomic E-state index is 5.78. The summed E-state index contributed by atoms with van der Waals surface area (Å²) in [5.74, 6) is 1.43. The summed E-state index contributed by atoms with van der Waals surface area (Å²) in [5, 5.41) is 2.18. The van der Waals surface area contributed by atoms with Gasteiger partial charge in [0.15, 0.2) is 0 Å². The number of hydrogen-bond donors (Lipinski definition) is 1. The fourth-order valence-corrected chi connectivity index (χ4v) is 2.56. The Morgan fingerprint density at radius 3 is 2.62 bits per heavy atom. The van der Waals surface area contributed by atoms with E-state index in [0.29, 0.717) is 17.5 Å². The summed E-state index contributed by atoms with van der Waals surface area (Å²) in [6, 6.07) is 13.5. The Balaban J connectivity index is 2.02. The van der Waals surface area contributed by atoms with Gasteiger partial charge in [-0.3, -0.25) is 0 Å². The van der Waals surface area contributed by atoms with Crippen LogP contribution >= 0.6 is 15.9 Å². The average molecular weight is 346 g/mol. The first-order chi connectivity index (χ1) is 10.2. The molecule has 0 saturated heterocycles. The van der Waals surface area contributed by atoms with E-state index in [1.54, 1.807) is 6.07 Å². The summed E-state index contributed by atoms with van der Waals surface area (Å²) < 4.78 is 11.7. The third-order valence-corrected chi connectivity index (χ3v) is 3.77. The maximum absolute atomic E-state index is 5.78. The van der Waals surface area contributed by atoms with Crippen LogP contribution in [-0.2, 0) is 0 Å². The standard InChI is InChI=1S/C15H12BrN3O2/c1-20-12-8-13(19-15(17)18-12)21-11-7-6-9-4-2-3-5-10(9)14(11)16/h2-8H,1H3,(H2,17,18,19). The molecular weight excluding hydrogens is 334 g/mol. The highest BCUT2D eigenvalue weighted by atomic mass is 79.9. The van der Waals surface area contributed by atoms with Crippen molar-refractivity contribution in [3.63, 3.8) is 0 Å². The van der Waals surface area contributed by atoms with E-state index >= 15 is 0 Å². The van der Waals surface area contributed by atoms with Crippen molar-refractivity contribution >= 4 is 32.7 Å². The Labute approximate surface area is 129 Å². The smallest absolute Gasteiger partial charge is 0.227 e. The molecule has 0 aliphatic carbocycles. The lowest BCUT2D eigenvalue weighted by Gasteiger charge is -2.10. The number of nitrogen functional groups attached to an aromatic ring is 1. The molecule has 2 N–H and O–H groups in total. The number of hydrogen-bond acceptors (Lipinski definition) is 5. The molecule has 0 radical (unpaired) electrons. The van der Waals surface area contributed by atoms with Gasteiger partial charge in [-0.15, -0.1) is 0 Å². The van der Waals surface area contributed by atoms with Gasteiger partial charge in [-0.25, -0.2) is 0 Å². The Kier molecular flexibility index (Phi) is 3.62. The summed E-state index contributed by atoms with van der Waals surface area (Å²) in [5.41, 5.74) is 5.62. The monoisotopic (exact) mass is 345 g/mol. The van der Waals surface area contributed by atoms with Crippen LogP contribution in [0.15, 0.2) is 46.9 Å². The molecule has 0 atom stereocenters. The average Bonchev–Trinajstić information content (AvgIpc) is 2.50. The maximum Gasteiger partial charge on any atom is 0.227 e. The van der Waals surface area contributed by atoms with Crippen LogP contribution in [0.2, 0.25) is 0 Å². The summed E-state index contributed by atoms with van der Waals surface area (Å²) >= 11 is 3.56. The van der Waals surface area contributed by atoms with Gasteiger partial charge in [0, 0.05) is 0 Å². The minimum Gasteiger partial charge on any atom is -0.481 e. The van der Waals surface area contributed by atoms with E-state index in [9.17, 15) is 0 Å². The number of anilines is 1. The highest BCUT2D eigenvalue weighted by Crippen LogP contribution is 2.35. The first-order valence-corrected chi connectivity index (χ1v) is 7.00. The number of rotatable bonds is 3. The van der Waals surface area contributed by atoms with Gasteiger partial charge in [0.2, 0.25) is 17.7 Å². The highest BCUT2D eigenvalue weighted by Gasteiger charge is 2.10. The molecule has 0 saturated carbocycles. The second kappa shape index (κ2) is 5.57. The summed E-state index contributed by atoms with van der Waals surface area (Å²) in [6.45, 7) is 0. The summed E-state index contributed by atoms with van der Waals surface area (Å²) in [7, 11) is 1.51. The number of nitrogens with two attached hydrogens (primary N) is 1. The van der Waals surface area contributed by atoms with Crippen molar-refractivity contribution in [2.45, 2.75) is 0 Å². The second-order valence-corrected chi connectivity index (χ2v) is 5.10. The minimum absolute atomic E-state index is 0.0984. The zero-order valence-corrected chi connectivity index (χ0v) is 12.8. The molecule has 3 aromatic rings.